The zero-order valence-electron chi connectivity index (χ0n) is 36.0. The molecule has 2 aromatic rings. The third-order valence-corrected chi connectivity index (χ3v) is 11.0. The quantitative estimate of drug-likeness (QED) is 0.185. The minimum absolute atomic E-state index is 0.0454. The number of nitrogens with zero attached hydrogens (tertiary/aromatic N) is 3. The second-order valence-electron chi connectivity index (χ2n) is 17.9. The number of rotatable bonds is 13. The van der Waals surface area contributed by atoms with Crippen molar-refractivity contribution < 1.29 is 33.5 Å². The summed E-state index contributed by atoms with van der Waals surface area (Å²) in [5, 5.41) is 14.2. The van der Waals surface area contributed by atoms with Gasteiger partial charge in [-0.15, -0.1) is 11.3 Å². The number of amidine groups is 1. The summed E-state index contributed by atoms with van der Waals surface area (Å²) in [5.74, 6) is -4.33. The number of nitrogens with two attached hydrogens (primary N) is 1. The number of aromatic nitrogens is 1. The van der Waals surface area contributed by atoms with Gasteiger partial charge in [0.25, 0.3) is 0 Å². The van der Waals surface area contributed by atoms with E-state index in [0.717, 1.165) is 5.56 Å². The van der Waals surface area contributed by atoms with E-state index in [9.17, 15) is 24.0 Å². The molecule has 320 valence electrons. The largest absolute Gasteiger partial charge is 0.469 e. The zero-order chi connectivity index (χ0) is 43.7. The molecule has 5 amide bonds. The van der Waals surface area contributed by atoms with E-state index in [4.69, 9.17) is 15.5 Å². The lowest BCUT2D eigenvalue weighted by molar-refractivity contribution is -0.151. The number of thiazole rings is 1. The Hall–Kier alpha value is -4.86. The van der Waals surface area contributed by atoms with Gasteiger partial charge in [0.05, 0.1) is 25.6 Å². The van der Waals surface area contributed by atoms with Gasteiger partial charge in [-0.05, 0) is 34.7 Å². The van der Waals surface area contributed by atoms with E-state index in [0.29, 0.717) is 11.4 Å². The van der Waals surface area contributed by atoms with Gasteiger partial charge < -0.3 is 36.6 Å². The van der Waals surface area contributed by atoms with Crippen LogP contribution in [0.3, 0.4) is 0 Å². The molecule has 0 saturated heterocycles. The first-order valence-corrected chi connectivity index (χ1v) is 20.7. The monoisotopic (exact) mass is 824 g/mol. The van der Waals surface area contributed by atoms with Crippen LogP contribution < -0.4 is 27.0 Å². The molecule has 0 fully saturated rings. The number of carbonyl (C=O) groups is 6. The van der Waals surface area contributed by atoms with Crippen molar-refractivity contribution in [1.29, 1.82) is 0 Å². The minimum Gasteiger partial charge on any atom is -0.469 e. The molecule has 1 aromatic carbocycles. The molecule has 16 heteroatoms. The molecule has 0 aliphatic carbocycles. The third-order valence-electron chi connectivity index (χ3n) is 10.1. The molecule has 58 heavy (non-hydrogen) atoms. The number of nitrogens with one attached hydrogen (secondary N) is 4. The van der Waals surface area contributed by atoms with Crippen LogP contribution in [-0.4, -0.2) is 95.1 Å². The molecule has 7 atom stereocenters. The standard InChI is InChI=1S/C42H64N8O7S/c1-23(2)20-27-37(54)47-31(24(3)4)38(55)49-33(41(6,7)8)36(45-22-29(51)46-27)48-34(42(9,10)11)40(56)50(28(21-30(52)57-12)39-44-18-19-58-39)32(35(43)53)25(5)26-16-14-13-15-17-26/h13-19,23-25,27-28,31-34H,20-22H2,1-12H3,(H2,43,53)(H,45,48)(H,46,51)(H,47,54)(H,49,55)/t25-,27?,28+,31?,32-,33?,34+/m0/s1. The molecule has 6 N–H and O–H groups in total. The third kappa shape index (κ3) is 12.6. The summed E-state index contributed by atoms with van der Waals surface area (Å²) in [6.45, 7) is 19.9. The predicted octanol–water partition coefficient (Wildman–Crippen LogP) is 3.85. The zero-order valence-corrected chi connectivity index (χ0v) is 36.9. The first-order chi connectivity index (χ1) is 27.0. The Morgan fingerprint density at radius 1 is 0.966 bits per heavy atom. The van der Waals surface area contributed by atoms with E-state index in [-0.39, 0.29) is 24.1 Å². The van der Waals surface area contributed by atoms with Crippen molar-refractivity contribution in [3.63, 3.8) is 0 Å². The van der Waals surface area contributed by atoms with Crippen LogP contribution in [0.5, 0.6) is 0 Å². The molecule has 3 unspecified atom stereocenters. The summed E-state index contributed by atoms with van der Waals surface area (Å²) < 4.78 is 5.09. The highest BCUT2D eigenvalue weighted by Crippen LogP contribution is 2.36. The van der Waals surface area contributed by atoms with Crippen LogP contribution in [0.2, 0.25) is 0 Å². The van der Waals surface area contributed by atoms with E-state index in [1.54, 1.807) is 18.5 Å². The van der Waals surface area contributed by atoms with E-state index in [1.165, 1.54) is 23.3 Å². The lowest BCUT2D eigenvalue weighted by Gasteiger charge is -2.44. The average Bonchev–Trinajstić information content (AvgIpc) is 3.67. The number of amides is 5. The summed E-state index contributed by atoms with van der Waals surface area (Å²) in [6.07, 6.45) is 1.54. The topological polar surface area (TPSA) is 214 Å². The molecule has 1 aliphatic rings. The Morgan fingerprint density at radius 3 is 2.10 bits per heavy atom. The van der Waals surface area contributed by atoms with Crippen LogP contribution in [-0.2, 0) is 33.5 Å². The van der Waals surface area contributed by atoms with Crippen LogP contribution in [0.15, 0.2) is 46.9 Å². The molecular formula is C42H64N8O7S. The van der Waals surface area contributed by atoms with Crippen LogP contribution in [0.1, 0.15) is 112 Å². The normalized spacial score (nSPS) is 20.6. The SMILES string of the molecule is COC(=O)C[C@H](c1nccs1)N(C(=O)[C@@H](NC1=NCC(=O)NC(CC(C)C)C(=O)NC(C(C)C)C(=O)NC1C(C)(C)C)C(C)(C)C)[C@H](C(N)=O)[C@@H](C)c1ccccc1. The number of carbonyl (C=O) groups excluding carboxylic acids is 6. The number of methoxy groups -OCH3 is 1. The van der Waals surface area contributed by atoms with Crippen LogP contribution >= 0.6 is 11.3 Å². The Balaban J connectivity index is 2.32. The summed E-state index contributed by atoms with van der Waals surface area (Å²) >= 11 is 1.21. The van der Waals surface area contributed by atoms with Gasteiger partial charge in [-0.2, -0.15) is 0 Å². The number of hydrogen-bond donors (Lipinski definition) is 5. The fourth-order valence-electron chi connectivity index (χ4n) is 6.97. The van der Waals surface area contributed by atoms with E-state index in [2.05, 4.69) is 26.3 Å². The van der Waals surface area contributed by atoms with Crippen LogP contribution in [0.25, 0.3) is 0 Å². The highest BCUT2D eigenvalue weighted by Gasteiger charge is 2.47. The van der Waals surface area contributed by atoms with Gasteiger partial charge in [0, 0.05) is 17.5 Å². The van der Waals surface area contributed by atoms with Gasteiger partial charge >= 0.3 is 5.97 Å². The minimum atomic E-state index is -1.28. The molecule has 0 saturated carbocycles. The maximum atomic E-state index is 15.6. The lowest BCUT2D eigenvalue weighted by atomic mass is 9.81. The summed E-state index contributed by atoms with van der Waals surface area (Å²) in [4.78, 5) is 94.4. The first-order valence-electron chi connectivity index (χ1n) is 19.8. The highest BCUT2D eigenvalue weighted by atomic mass is 32.1. The Morgan fingerprint density at radius 2 is 1.60 bits per heavy atom. The number of hydrogen-bond acceptors (Lipinski definition) is 11. The smallest absolute Gasteiger partial charge is 0.308 e. The number of esters is 1. The van der Waals surface area contributed by atoms with Gasteiger partial charge in [0.1, 0.15) is 41.6 Å². The Kier molecular flexibility index (Phi) is 16.6. The molecule has 3 rings (SSSR count). The predicted molar refractivity (Wildman–Crippen MR) is 224 cm³/mol. The van der Waals surface area contributed by atoms with Gasteiger partial charge in [0.2, 0.25) is 29.5 Å². The van der Waals surface area contributed by atoms with Crippen LogP contribution in [0.4, 0.5) is 0 Å². The fraction of sp³-hybridized carbons (Fsp3) is 0.619. The van der Waals surface area contributed by atoms with Gasteiger partial charge in [-0.25, -0.2) is 4.98 Å². The molecule has 0 bridgehead atoms. The first kappa shape index (κ1) is 47.5. The van der Waals surface area contributed by atoms with Crippen molar-refractivity contribution in [2.24, 2.45) is 33.4 Å². The van der Waals surface area contributed by atoms with Crippen molar-refractivity contribution in [3.8, 4) is 0 Å². The Bertz CT molecular complexity index is 1770. The number of benzene rings is 1. The van der Waals surface area contributed by atoms with Crippen molar-refractivity contribution >= 4 is 52.7 Å². The second-order valence-corrected chi connectivity index (χ2v) is 18.8. The van der Waals surface area contributed by atoms with Gasteiger partial charge in [-0.3, -0.25) is 33.8 Å². The lowest BCUT2D eigenvalue weighted by Crippen LogP contribution is -2.65. The van der Waals surface area contributed by atoms with Gasteiger partial charge in [-0.1, -0.05) is 106 Å². The van der Waals surface area contributed by atoms with Crippen LogP contribution in [0, 0.1) is 22.7 Å². The molecule has 1 aliphatic heterocycles. The Labute approximate surface area is 347 Å². The maximum Gasteiger partial charge on any atom is 0.308 e. The number of aliphatic imine (C=N–C) groups is 1. The van der Waals surface area contributed by atoms with E-state index < -0.39 is 95.0 Å². The second kappa shape index (κ2) is 20.2. The average molecular weight is 825 g/mol. The number of ether oxygens (including phenoxy) is 1. The fourth-order valence-corrected chi connectivity index (χ4v) is 7.71. The molecular weight excluding hydrogens is 761 g/mol. The van der Waals surface area contributed by atoms with E-state index >= 15 is 4.79 Å². The van der Waals surface area contributed by atoms with Crippen molar-refractivity contribution in [2.45, 2.75) is 131 Å². The van der Waals surface area contributed by atoms with Crippen molar-refractivity contribution in [3.05, 3.63) is 52.5 Å². The molecule has 15 nitrogen and oxygen atoms in total. The molecule has 1 aromatic heterocycles. The molecule has 2 heterocycles. The maximum absolute atomic E-state index is 15.6. The summed E-state index contributed by atoms with van der Waals surface area (Å²) in [7, 11) is 1.24. The van der Waals surface area contributed by atoms with Crippen molar-refractivity contribution in [2.75, 3.05) is 13.7 Å². The molecule has 0 spiro atoms. The summed E-state index contributed by atoms with van der Waals surface area (Å²) in [5.41, 5.74) is 5.27. The summed E-state index contributed by atoms with van der Waals surface area (Å²) in [6, 6.07) is 2.80. The molecule has 0 radical (unpaired) electrons. The van der Waals surface area contributed by atoms with Crippen molar-refractivity contribution in [1.82, 2.24) is 31.2 Å². The number of primary amides is 1. The van der Waals surface area contributed by atoms with Gasteiger partial charge in [0.15, 0.2) is 0 Å². The van der Waals surface area contributed by atoms with E-state index in [1.807, 2.05) is 99.6 Å². The highest BCUT2D eigenvalue weighted by molar-refractivity contribution is 7.09.